The summed E-state index contributed by atoms with van der Waals surface area (Å²) in [6, 6.07) is 1.63. The fraction of sp³-hybridized carbons (Fsp3) is 0.333. The van der Waals surface area contributed by atoms with Gasteiger partial charge in [-0.3, -0.25) is 4.79 Å². The largest absolute Gasteiger partial charge is 0.404 e. The van der Waals surface area contributed by atoms with Crippen LogP contribution in [0.1, 0.15) is 23.8 Å². The Morgan fingerprint density at radius 2 is 2.04 bits per heavy atom. The van der Waals surface area contributed by atoms with E-state index in [1.54, 1.807) is 4.72 Å². The van der Waals surface area contributed by atoms with E-state index < -0.39 is 39.5 Å². The van der Waals surface area contributed by atoms with Crippen molar-refractivity contribution in [2.75, 3.05) is 5.32 Å². The van der Waals surface area contributed by atoms with E-state index in [2.05, 4.69) is 10.3 Å². The molecule has 0 aliphatic heterocycles. The third-order valence-electron chi connectivity index (χ3n) is 3.61. The molecule has 2 aromatic rings. The van der Waals surface area contributed by atoms with Crippen LogP contribution in [-0.4, -0.2) is 36.1 Å². The third kappa shape index (κ3) is 5.21. The predicted molar refractivity (Wildman–Crippen MR) is 93.1 cm³/mol. The lowest BCUT2D eigenvalue weighted by Crippen LogP contribution is -2.44. The lowest BCUT2D eigenvalue weighted by atomic mass is 10.2. The van der Waals surface area contributed by atoms with Crippen molar-refractivity contribution in [3.05, 3.63) is 41.4 Å². The van der Waals surface area contributed by atoms with Crippen molar-refractivity contribution in [1.82, 2.24) is 14.3 Å². The lowest BCUT2D eigenvalue weighted by Gasteiger charge is -2.19. The van der Waals surface area contributed by atoms with E-state index in [1.807, 2.05) is 0 Å². The average Bonchev–Trinajstić information content (AvgIpc) is 2.94. The van der Waals surface area contributed by atoms with Gasteiger partial charge in [-0.05, 0) is 24.6 Å². The van der Waals surface area contributed by atoms with Crippen molar-refractivity contribution in [3.8, 4) is 0 Å². The highest BCUT2D eigenvalue weighted by Gasteiger charge is 2.41. The topological polar surface area (TPSA) is 93.1 Å². The first kappa shape index (κ1) is 21.2. The molecule has 0 saturated carbocycles. The van der Waals surface area contributed by atoms with Crippen LogP contribution in [0, 0.1) is 0 Å². The number of alkyl halides is 3. The minimum absolute atomic E-state index is 0.0663. The molecule has 27 heavy (non-hydrogen) atoms. The number of anilines is 1. The molecular formula is C15H16ClF3N4O3S. The summed E-state index contributed by atoms with van der Waals surface area (Å²) in [6.45, 7) is 1.21. The van der Waals surface area contributed by atoms with Gasteiger partial charge in [0.1, 0.15) is 21.8 Å². The van der Waals surface area contributed by atoms with Gasteiger partial charge in [-0.25, -0.2) is 13.4 Å². The molecular weight excluding hydrogens is 409 g/mol. The monoisotopic (exact) mass is 424 g/mol. The van der Waals surface area contributed by atoms with Gasteiger partial charge in [-0.1, -0.05) is 18.5 Å². The highest BCUT2D eigenvalue weighted by molar-refractivity contribution is 7.89. The van der Waals surface area contributed by atoms with Crippen molar-refractivity contribution in [2.24, 2.45) is 7.05 Å². The van der Waals surface area contributed by atoms with Gasteiger partial charge in [-0.2, -0.15) is 17.9 Å². The van der Waals surface area contributed by atoms with Crippen LogP contribution in [0.2, 0.25) is 5.15 Å². The molecule has 0 spiro atoms. The maximum absolute atomic E-state index is 12.8. The van der Waals surface area contributed by atoms with Crippen LogP contribution in [0.25, 0.3) is 0 Å². The van der Waals surface area contributed by atoms with Crippen molar-refractivity contribution in [3.63, 3.8) is 0 Å². The van der Waals surface area contributed by atoms with E-state index in [0.29, 0.717) is 5.69 Å². The lowest BCUT2D eigenvalue weighted by molar-refractivity contribution is -0.151. The quantitative estimate of drug-likeness (QED) is 0.697. The Hall–Kier alpha value is -2.11. The second-order valence-corrected chi connectivity index (χ2v) is 7.72. The zero-order chi connectivity index (χ0) is 20.4. The van der Waals surface area contributed by atoms with Crippen molar-refractivity contribution in [1.29, 1.82) is 0 Å². The number of rotatable bonds is 6. The number of nitrogens with one attached hydrogen (secondary N) is 2. The van der Waals surface area contributed by atoms with Crippen LogP contribution in [0.4, 0.5) is 18.9 Å². The van der Waals surface area contributed by atoms with Crippen LogP contribution in [0.3, 0.4) is 0 Å². The van der Waals surface area contributed by atoms with Crippen LogP contribution in [0.5, 0.6) is 0 Å². The number of nitrogens with zero attached hydrogens (tertiary/aromatic N) is 2. The van der Waals surface area contributed by atoms with E-state index in [4.69, 9.17) is 11.6 Å². The molecule has 1 amide bonds. The number of halogens is 4. The molecule has 0 aliphatic rings. The summed E-state index contributed by atoms with van der Waals surface area (Å²) in [5.41, 5.74) is 0.259. The SMILES string of the molecule is CC[C@H](NS(=O)(=O)c1cc(C(=O)Nc2ccnc(Cl)c2)n(C)c1)C(F)(F)F. The first-order chi connectivity index (χ1) is 12.4. The fourth-order valence-corrected chi connectivity index (χ4v) is 3.77. The fourth-order valence-electron chi connectivity index (χ4n) is 2.22. The summed E-state index contributed by atoms with van der Waals surface area (Å²) in [5, 5.41) is 2.64. The Bertz CT molecular complexity index is 944. The molecule has 0 fully saturated rings. The van der Waals surface area contributed by atoms with Gasteiger partial charge in [0, 0.05) is 25.1 Å². The van der Waals surface area contributed by atoms with Crippen molar-refractivity contribution >= 4 is 33.2 Å². The minimum Gasteiger partial charge on any atom is -0.345 e. The summed E-state index contributed by atoms with van der Waals surface area (Å²) in [6.07, 6.45) is -2.77. The molecule has 0 radical (unpaired) electrons. The van der Waals surface area contributed by atoms with Crippen LogP contribution in [-0.2, 0) is 17.1 Å². The molecule has 0 unspecified atom stereocenters. The molecule has 2 aromatic heterocycles. The molecule has 12 heteroatoms. The number of aryl methyl sites for hydroxylation is 1. The predicted octanol–water partition coefficient (Wildman–Crippen LogP) is 2.95. The van der Waals surface area contributed by atoms with Gasteiger partial charge in [0.05, 0.1) is 0 Å². The number of hydrogen-bond acceptors (Lipinski definition) is 4. The van der Waals surface area contributed by atoms with Crippen LogP contribution >= 0.6 is 11.6 Å². The number of amides is 1. The summed E-state index contributed by atoms with van der Waals surface area (Å²) in [4.78, 5) is 15.6. The molecule has 0 bridgehead atoms. The van der Waals surface area contributed by atoms with Gasteiger partial charge in [-0.15, -0.1) is 0 Å². The molecule has 0 aromatic carbocycles. The van der Waals surface area contributed by atoms with Gasteiger partial charge < -0.3 is 9.88 Å². The number of sulfonamides is 1. The second-order valence-electron chi connectivity index (χ2n) is 5.62. The van der Waals surface area contributed by atoms with Crippen molar-refractivity contribution in [2.45, 2.75) is 30.5 Å². The first-order valence-electron chi connectivity index (χ1n) is 7.62. The molecule has 2 heterocycles. The zero-order valence-electron chi connectivity index (χ0n) is 14.2. The van der Waals surface area contributed by atoms with Gasteiger partial charge in [0.15, 0.2) is 0 Å². The highest BCUT2D eigenvalue weighted by Crippen LogP contribution is 2.25. The highest BCUT2D eigenvalue weighted by atomic mass is 35.5. The second kappa shape index (κ2) is 7.87. The van der Waals surface area contributed by atoms with E-state index in [-0.39, 0.29) is 10.8 Å². The number of hydrogen-bond donors (Lipinski definition) is 2. The summed E-state index contributed by atoms with van der Waals surface area (Å²) >= 11 is 5.72. The van der Waals surface area contributed by atoms with Gasteiger partial charge in [0.25, 0.3) is 5.91 Å². The van der Waals surface area contributed by atoms with E-state index >= 15 is 0 Å². The third-order valence-corrected chi connectivity index (χ3v) is 5.25. The summed E-state index contributed by atoms with van der Waals surface area (Å²) in [7, 11) is -3.07. The van der Waals surface area contributed by atoms with Crippen LogP contribution in [0.15, 0.2) is 35.5 Å². The summed E-state index contributed by atoms with van der Waals surface area (Å²) in [5.74, 6) is -0.663. The molecule has 2 rings (SSSR count). The molecule has 1 atom stereocenters. The number of carbonyl (C=O) groups is 1. The Balaban J connectivity index is 2.25. The Kier molecular flexibility index (Phi) is 6.17. The first-order valence-corrected chi connectivity index (χ1v) is 9.48. The zero-order valence-corrected chi connectivity index (χ0v) is 15.8. The smallest absolute Gasteiger partial charge is 0.345 e. The van der Waals surface area contributed by atoms with Gasteiger partial charge >= 0.3 is 6.18 Å². The number of carbonyl (C=O) groups excluding carboxylic acids is 1. The van der Waals surface area contributed by atoms with E-state index in [1.165, 1.54) is 36.9 Å². The van der Waals surface area contributed by atoms with Crippen LogP contribution < -0.4 is 10.0 Å². The van der Waals surface area contributed by atoms with Crippen molar-refractivity contribution < 1.29 is 26.4 Å². The normalized spacial score (nSPS) is 13.4. The number of aromatic nitrogens is 2. The molecule has 0 aliphatic carbocycles. The average molecular weight is 425 g/mol. The maximum atomic E-state index is 12.8. The standard InChI is InChI=1S/C15H16ClF3N4O3S/c1-3-12(15(17,18)19)22-27(25,26)10-7-11(23(2)8-10)14(24)21-9-4-5-20-13(16)6-9/h4-8,12,22H,3H2,1-2H3,(H,20,21,24)/t12-/m0/s1. The number of pyridine rings is 1. The van der Waals surface area contributed by atoms with E-state index in [9.17, 15) is 26.4 Å². The maximum Gasteiger partial charge on any atom is 0.404 e. The molecule has 0 saturated heterocycles. The molecule has 148 valence electrons. The molecule has 2 N–H and O–H groups in total. The summed E-state index contributed by atoms with van der Waals surface area (Å²) < 4.78 is 65.8. The Morgan fingerprint density at radius 3 is 2.59 bits per heavy atom. The minimum atomic E-state index is -4.72. The Morgan fingerprint density at radius 1 is 1.37 bits per heavy atom. The Labute approximate surface area is 158 Å². The van der Waals surface area contributed by atoms with Gasteiger partial charge in [0.2, 0.25) is 10.0 Å². The molecule has 7 nitrogen and oxygen atoms in total. The van der Waals surface area contributed by atoms with E-state index in [0.717, 1.165) is 12.3 Å².